The van der Waals surface area contributed by atoms with E-state index in [1.807, 2.05) is 32.2 Å². The Bertz CT molecular complexity index is 363. The normalized spacial score (nSPS) is 11.5. The zero-order chi connectivity index (χ0) is 12.2. The highest BCUT2D eigenvalue weighted by molar-refractivity contribution is 9.11. The molecule has 5 heteroatoms. The SMILES string of the molecule is CCOC(C)(C)CNC(=O)c1csc(Br)c1. The Hall–Kier alpha value is -0.390. The predicted octanol–water partition coefficient (Wildman–Crippen LogP) is 3.06. The van der Waals surface area contributed by atoms with Crippen molar-refractivity contribution >= 4 is 33.2 Å². The number of ether oxygens (including phenoxy) is 1. The lowest BCUT2D eigenvalue weighted by molar-refractivity contribution is -0.00815. The van der Waals surface area contributed by atoms with Crippen molar-refractivity contribution in [3.63, 3.8) is 0 Å². The molecule has 1 N–H and O–H groups in total. The summed E-state index contributed by atoms with van der Waals surface area (Å²) in [6.07, 6.45) is 0. The number of nitrogens with one attached hydrogen (secondary N) is 1. The van der Waals surface area contributed by atoms with E-state index in [1.54, 1.807) is 0 Å². The molecule has 0 radical (unpaired) electrons. The molecule has 0 aromatic carbocycles. The maximum Gasteiger partial charge on any atom is 0.252 e. The maximum absolute atomic E-state index is 11.7. The Labute approximate surface area is 108 Å². The molecule has 90 valence electrons. The number of thiophene rings is 1. The Morgan fingerprint density at radius 1 is 1.62 bits per heavy atom. The average molecular weight is 306 g/mol. The van der Waals surface area contributed by atoms with E-state index in [4.69, 9.17) is 4.74 Å². The number of carbonyl (C=O) groups excluding carboxylic acids is 1. The van der Waals surface area contributed by atoms with Gasteiger partial charge in [0.15, 0.2) is 0 Å². The molecule has 0 fully saturated rings. The molecular weight excluding hydrogens is 290 g/mol. The summed E-state index contributed by atoms with van der Waals surface area (Å²) >= 11 is 4.83. The van der Waals surface area contributed by atoms with Gasteiger partial charge < -0.3 is 10.1 Å². The molecule has 0 saturated carbocycles. The molecule has 0 saturated heterocycles. The monoisotopic (exact) mass is 305 g/mol. The molecule has 0 aliphatic rings. The van der Waals surface area contributed by atoms with Crippen LogP contribution in [0, 0.1) is 0 Å². The highest BCUT2D eigenvalue weighted by Crippen LogP contribution is 2.20. The Kier molecular flexibility index (Phi) is 4.95. The van der Waals surface area contributed by atoms with Gasteiger partial charge in [-0.15, -0.1) is 11.3 Å². The van der Waals surface area contributed by atoms with Crippen LogP contribution in [0.1, 0.15) is 31.1 Å². The fraction of sp³-hybridized carbons (Fsp3) is 0.545. The van der Waals surface area contributed by atoms with E-state index in [2.05, 4.69) is 21.2 Å². The van der Waals surface area contributed by atoms with Crippen molar-refractivity contribution < 1.29 is 9.53 Å². The van der Waals surface area contributed by atoms with Gasteiger partial charge in [0.05, 0.1) is 15.0 Å². The van der Waals surface area contributed by atoms with Crippen LogP contribution in [-0.4, -0.2) is 24.7 Å². The summed E-state index contributed by atoms with van der Waals surface area (Å²) in [7, 11) is 0. The van der Waals surface area contributed by atoms with Gasteiger partial charge in [0.25, 0.3) is 5.91 Å². The first kappa shape index (κ1) is 13.7. The lowest BCUT2D eigenvalue weighted by Gasteiger charge is -2.24. The number of carbonyl (C=O) groups is 1. The van der Waals surface area contributed by atoms with Gasteiger partial charge in [-0.05, 0) is 42.8 Å². The van der Waals surface area contributed by atoms with Crippen LogP contribution >= 0.6 is 27.3 Å². The number of rotatable bonds is 5. The highest BCUT2D eigenvalue weighted by atomic mass is 79.9. The van der Waals surface area contributed by atoms with Crippen molar-refractivity contribution in [1.29, 1.82) is 0 Å². The molecule has 0 aliphatic carbocycles. The first-order valence-corrected chi connectivity index (χ1v) is 6.78. The largest absolute Gasteiger partial charge is 0.374 e. The molecule has 3 nitrogen and oxygen atoms in total. The second kappa shape index (κ2) is 5.80. The quantitative estimate of drug-likeness (QED) is 0.908. The van der Waals surface area contributed by atoms with Gasteiger partial charge in [0, 0.05) is 18.5 Å². The van der Waals surface area contributed by atoms with E-state index in [0.29, 0.717) is 18.7 Å². The molecule has 0 spiro atoms. The molecule has 1 amide bonds. The summed E-state index contributed by atoms with van der Waals surface area (Å²) in [6.45, 7) is 7.01. The maximum atomic E-state index is 11.7. The predicted molar refractivity (Wildman–Crippen MR) is 70.1 cm³/mol. The zero-order valence-corrected chi connectivity index (χ0v) is 12.1. The van der Waals surface area contributed by atoms with E-state index < -0.39 is 0 Å². The van der Waals surface area contributed by atoms with Gasteiger partial charge in [0.1, 0.15) is 0 Å². The van der Waals surface area contributed by atoms with Crippen molar-refractivity contribution in [3.8, 4) is 0 Å². The van der Waals surface area contributed by atoms with E-state index >= 15 is 0 Å². The Morgan fingerprint density at radius 2 is 2.31 bits per heavy atom. The highest BCUT2D eigenvalue weighted by Gasteiger charge is 2.19. The summed E-state index contributed by atoms with van der Waals surface area (Å²) in [5.74, 6) is -0.0604. The number of halogens is 1. The summed E-state index contributed by atoms with van der Waals surface area (Å²) in [4.78, 5) is 11.7. The third kappa shape index (κ3) is 4.23. The molecule has 0 atom stereocenters. The van der Waals surface area contributed by atoms with Gasteiger partial charge >= 0.3 is 0 Å². The molecule has 0 aliphatic heterocycles. The van der Waals surface area contributed by atoms with Crippen molar-refractivity contribution in [2.75, 3.05) is 13.2 Å². The van der Waals surface area contributed by atoms with Crippen LogP contribution in [0.5, 0.6) is 0 Å². The fourth-order valence-electron chi connectivity index (χ4n) is 1.27. The van der Waals surface area contributed by atoms with Gasteiger partial charge in [-0.3, -0.25) is 4.79 Å². The van der Waals surface area contributed by atoms with E-state index in [-0.39, 0.29) is 11.5 Å². The minimum absolute atomic E-state index is 0.0604. The Balaban J connectivity index is 2.47. The first-order valence-electron chi connectivity index (χ1n) is 5.11. The molecular formula is C11H16BrNO2S. The number of hydrogen-bond acceptors (Lipinski definition) is 3. The van der Waals surface area contributed by atoms with Crippen molar-refractivity contribution in [1.82, 2.24) is 5.32 Å². The van der Waals surface area contributed by atoms with E-state index in [9.17, 15) is 4.79 Å². The molecule has 0 unspecified atom stereocenters. The van der Waals surface area contributed by atoms with Crippen LogP contribution in [-0.2, 0) is 4.74 Å². The standard InChI is InChI=1S/C11H16BrNO2S/c1-4-15-11(2,3)7-13-10(14)8-5-9(12)16-6-8/h5-6H,4,7H2,1-3H3,(H,13,14). The molecule has 16 heavy (non-hydrogen) atoms. The van der Waals surface area contributed by atoms with Gasteiger partial charge in [0.2, 0.25) is 0 Å². The third-order valence-electron chi connectivity index (χ3n) is 2.04. The molecule has 1 aromatic heterocycles. The molecule has 1 heterocycles. The van der Waals surface area contributed by atoms with Crippen molar-refractivity contribution in [2.45, 2.75) is 26.4 Å². The zero-order valence-electron chi connectivity index (χ0n) is 9.67. The van der Waals surface area contributed by atoms with Crippen LogP contribution in [0.25, 0.3) is 0 Å². The second-order valence-corrected chi connectivity index (χ2v) is 6.31. The van der Waals surface area contributed by atoms with Crippen LogP contribution in [0.15, 0.2) is 15.2 Å². The minimum Gasteiger partial charge on any atom is -0.374 e. The Morgan fingerprint density at radius 3 is 2.81 bits per heavy atom. The topological polar surface area (TPSA) is 38.3 Å². The lowest BCUT2D eigenvalue weighted by Crippen LogP contribution is -2.40. The summed E-state index contributed by atoms with van der Waals surface area (Å²) < 4.78 is 6.46. The van der Waals surface area contributed by atoms with Crippen LogP contribution in [0.3, 0.4) is 0 Å². The third-order valence-corrected chi connectivity index (χ3v) is 3.54. The minimum atomic E-state index is -0.322. The van der Waals surface area contributed by atoms with Crippen LogP contribution < -0.4 is 5.32 Å². The summed E-state index contributed by atoms with van der Waals surface area (Å²) in [6, 6.07) is 1.81. The molecule has 1 aromatic rings. The smallest absolute Gasteiger partial charge is 0.252 e. The van der Waals surface area contributed by atoms with E-state index in [0.717, 1.165) is 3.79 Å². The number of amides is 1. The summed E-state index contributed by atoms with van der Waals surface area (Å²) in [5, 5.41) is 4.69. The second-order valence-electron chi connectivity index (χ2n) is 4.01. The van der Waals surface area contributed by atoms with Gasteiger partial charge in [-0.1, -0.05) is 0 Å². The molecule has 1 rings (SSSR count). The lowest BCUT2D eigenvalue weighted by atomic mass is 10.1. The van der Waals surface area contributed by atoms with Crippen molar-refractivity contribution in [3.05, 3.63) is 20.8 Å². The average Bonchev–Trinajstić information content (AvgIpc) is 2.61. The summed E-state index contributed by atoms with van der Waals surface area (Å²) in [5.41, 5.74) is 0.363. The molecule has 0 bridgehead atoms. The van der Waals surface area contributed by atoms with E-state index in [1.165, 1.54) is 11.3 Å². The van der Waals surface area contributed by atoms with Crippen molar-refractivity contribution in [2.24, 2.45) is 0 Å². The number of hydrogen-bond donors (Lipinski definition) is 1. The fourth-order valence-corrected chi connectivity index (χ4v) is 2.40. The van der Waals surface area contributed by atoms with Gasteiger partial charge in [-0.25, -0.2) is 0 Å². The van der Waals surface area contributed by atoms with Crippen LogP contribution in [0.4, 0.5) is 0 Å². The van der Waals surface area contributed by atoms with Gasteiger partial charge in [-0.2, -0.15) is 0 Å². The van der Waals surface area contributed by atoms with Crippen LogP contribution in [0.2, 0.25) is 0 Å². The first-order chi connectivity index (χ1) is 7.44.